The van der Waals surface area contributed by atoms with Crippen molar-refractivity contribution in [2.45, 2.75) is 45.3 Å². The minimum atomic E-state index is 0.255. The van der Waals surface area contributed by atoms with Crippen molar-refractivity contribution in [2.24, 2.45) is 0 Å². The maximum atomic E-state index is 6.00. The molecule has 1 aliphatic rings. The second kappa shape index (κ2) is 4.84. The Morgan fingerprint density at radius 2 is 1.94 bits per heavy atom. The van der Waals surface area contributed by atoms with Gasteiger partial charge < -0.3 is 4.74 Å². The quantitative estimate of drug-likeness (QED) is 0.681. The molecular weight excluding hydrogens is 196 g/mol. The molecule has 1 heteroatoms. The predicted octanol–water partition coefficient (Wildman–Crippen LogP) is 3.91. The summed E-state index contributed by atoms with van der Waals surface area (Å²) in [6.45, 7) is 6.57. The average Bonchev–Trinajstić information content (AvgIpc) is 2.28. The Morgan fingerprint density at radius 3 is 2.56 bits per heavy atom. The average molecular weight is 216 g/mol. The van der Waals surface area contributed by atoms with E-state index >= 15 is 0 Å². The highest BCUT2D eigenvalue weighted by molar-refractivity contribution is 5.21. The molecule has 0 bridgehead atoms. The first kappa shape index (κ1) is 11.4. The Bertz CT molecular complexity index is 366. The van der Waals surface area contributed by atoms with Gasteiger partial charge in [-0.2, -0.15) is 0 Å². The molecule has 0 aromatic heterocycles. The fraction of sp³-hybridized carbons (Fsp3) is 0.467. The van der Waals surface area contributed by atoms with E-state index in [9.17, 15) is 0 Å². The molecule has 16 heavy (non-hydrogen) atoms. The number of hydrogen-bond donors (Lipinski definition) is 0. The number of hydrogen-bond acceptors (Lipinski definition) is 1. The Hall–Kier alpha value is -1.08. The van der Waals surface area contributed by atoms with E-state index in [0.717, 1.165) is 6.42 Å². The molecule has 0 amide bonds. The maximum absolute atomic E-state index is 6.00. The lowest BCUT2D eigenvalue weighted by Crippen LogP contribution is -2.28. The SMILES string of the molecule is CC1=C[C@H](C)O[C@@H]([C@@H](C)c2ccccc2)C1. The second-order valence-corrected chi connectivity index (χ2v) is 4.80. The monoisotopic (exact) mass is 216 g/mol. The molecule has 0 spiro atoms. The Balaban J connectivity index is 2.12. The number of benzene rings is 1. The summed E-state index contributed by atoms with van der Waals surface area (Å²) in [5.74, 6) is 0.465. The number of ether oxygens (including phenoxy) is 1. The maximum Gasteiger partial charge on any atom is 0.0734 e. The predicted molar refractivity (Wildman–Crippen MR) is 67.6 cm³/mol. The lowest BCUT2D eigenvalue weighted by atomic mass is 9.89. The molecule has 1 aromatic rings. The van der Waals surface area contributed by atoms with E-state index in [2.05, 4.69) is 57.2 Å². The van der Waals surface area contributed by atoms with Crippen molar-refractivity contribution in [3.63, 3.8) is 0 Å². The Labute approximate surface area is 98.1 Å². The third-order valence-corrected chi connectivity index (χ3v) is 3.31. The summed E-state index contributed by atoms with van der Waals surface area (Å²) in [5.41, 5.74) is 2.82. The Kier molecular flexibility index (Phi) is 3.45. The molecule has 0 unspecified atom stereocenters. The van der Waals surface area contributed by atoms with Gasteiger partial charge in [0.1, 0.15) is 0 Å². The second-order valence-electron chi connectivity index (χ2n) is 4.80. The van der Waals surface area contributed by atoms with Crippen LogP contribution in [0.25, 0.3) is 0 Å². The van der Waals surface area contributed by atoms with Crippen LogP contribution in [0.15, 0.2) is 42.0 Å². The van der Waals surface area contributed by atoms with Crippen LogP contribution in [0.5, 0.6) is 0 Å². The minimum absolute atomic E-state index is 0.255. The van der Waals surface area contributed by atoms with E-state index in [-0.39, 0.29) is 6.10 Å². The van der Waals surface area contributed by atoms with E-state index in [4.69, 9.17) is 4.74 Å². The third kappa shape index (κ3) is 2.53. The summed E-state index contributed by atoms with van der Waals surface area (Å²) in [6.07, 6.45) is 3.85. The van der Waals surface area contributed by atoms with Crippen molar-refractivity contribution in [1.29, 1.82) is 0 Å². The smallest absolute Gasteiger partial charge is 0.0734 e. The van der Waals surface area contributed by atoms with Crippen molar-refractivity contribution in [3.8, 4) is 0 Å². The molecule has 0 N–H and O–H groups in total. The third-order valence-electron chi connectivity index (χ3n) is 3.31. The lowest BCUT2D eigenvalue weighted by Gasteiger charge is -2.31. The van der Waals surface area contributed by atoms with E-state index < -0.39 is 0 Å². The van der Waals surface area contributed by atoms with Gasteiger partial charge in [0.15, 0.2) is 0 Å². The van der Waals surface area contributed by atoms with Crippen molar-refractivity contribution in [1.82, 2.24) is 0 Å². The molecule has 0 saturated carbocycles. The van der Waals surface area contributed by atoms with Gasteiger partial charge >= 0.3 is 0 Å². The summed E-state index contributed by atoms with van der Waals surface area (Å²) in [5, 5.41) is 0. The Morgan fingerprint density at radius 1 is 1.25 bits per heavy atom. The van der Waals surface area contributed by atoms with Gasteiger partial charge in [-0.3, -0.25) is 0 Å². The molecule has 1 aromatic carbocycles. The van der Waals surface area contributed by atoms with Gasteiger partial charge in [0.2, 0.25) is 0 Å². The largest absolute Gasteiger partial charge is 0.370 e. The van der Waals surface area contributed by atoms with E-state index in [1.165, 1.54) is 11.1 Å². The minimum Gasteiger partial charge on any atom is -0.370 e. The van der Waals surface area contributed by atoms with Crippen LogP contribution in [0, 0.1) is 0 Å². The molecule has 1 nitrogen and oxygen atoms in total. The summed E-state index contributed by atoms with van der Waals surface area (Å²) >= 11 is 0. The van der Waals surface area contributed by atoms with Crippen LogP contribution in [-0.2, 0) is 4.74 Å². The van der Waals surface area contributed by atoms with Crippen LogP contribution < -0.4 is 0 Å². The lowest BCUT2D eigenvalue weighted by molar-refractivity contribution is -0.000553. The van der Waals surface area contributed by atoms with Gasteiger partial charge in [0.25, 0.3) is 0 Å². The fourth-order valence-electron chi connectivity index (χ4n) is 2.42. The molecule has 0 radical (unpaired) electrons. The summed E-state index contributed by atoms with van der Waals surface area (Å²) in [6, 6.07) is 10.6. The van der Waals surface area contributed by atoms with Gasteiger partial charge in [0.05, 0.1) is 12.2 Å². The van der Waals surface area contributed by atoms with Crippen LogP contribution in [0.4, 0.5) is 0 Å². The molecule has 1 heterocycles. The normalized spacial score (nSPS) is 27.3. The molecule has 1 aliphatic heterocycles. The first-order chi connectivity index (χ1) is 7.66. The molecule has 0 fully saturated rings. The molecule has 86 valence electrons. The van der Waals surface area contributed by atoms with Crippen molar-refractivity contribution in [2.75, 3.05) is 0 Å². The zero-order valence-corrected chi connectivity index (χ0v) is 10.3. The topological polar surface area (TPSA) is 9.23 Å². The van der Waals surface area contributed by atoms with Crippen LogP contribution >= 0.6 is 0 Å². The molecule has 0 saturated heterocycles. The van der Waals surface area contributed by atoms with Gasteiger partial charge in [-0.15, -0.1) is 0 Å². The van der Waals surface area contributed by atoms with Gasteiger partial charge in [0, 0.05) is 5.92 Å². The number of rotatable bonds is 2. The van der Waals surface area contributed by atoms with E-state index in [1.807, 2.05) is 0 Å². The molecule has 2 rings (SSSR count). The van der Waals surface area contributed by atoms with E-state index in [0.29, 0.717) is 12.0 Å². The zero-order valence-electron chi connectivity index (χ0n) is 10.3. The van der Waals surface area contributed by atoms with Crippen molar-refractivity contribution >= 4 is 0 Å². The summed E-state index contributed by atoms with van der Waals surface area (Å²) < 4.78 is 6.00. The highest BCUT2D eigenvalue weighted by Gasteiger charge is 2.24. The molecule has 3 atom stereocenters. The summed E-state index contributed by atoms with van der Waals surface area (Å²) in [7, 11) is 0. The highest BCUT2D eigenvalue weighted by atomic mass is 16.5. The zero-order chi connectivity index (χ0) is 11.5. The van der Waals surface area contributed by atoms with Crippen molar-refractivity contribution in [3.05, 3.63) is 47.5 Å². The van der Waals surface area contributed by atoms with Crippen LogP contribution in [-0.4, -0.2) is 12.2 Å². The van der Waals surface area contributed by atoms with Gasteiger partial charge in [-0.05, 0) is 25.8 Å². The molecule has 0 aliphatic carbocycles. The van der Waals surface area contributed by atoms with Gasteiger partial charge in [-0.25, -0.2) is 0 Å². The fourth-order valence-corrected chi connectivity index (χ4v) is 2.42. The molecular formula is C15H20O. The van der Waals surface area contributed by atoms with Gasteiger partial charge in [-0.1, -0.05) is 48.9 Å². The van der Waals surface area contributed by atoms with Crippen molar-refractivity contribution < 1.29 is 4.74 Å². The standard InChI is InChI=1S/C15H20O/c1-11-9-12(2)16-15(10-11)13(3)14-7-5-4-6-8-14/h4-9,12-13,15H,10H2,1-3H3/t12-,13-,15+/m0/s1. The van der Waals surface area contributed by atoms with E-state index in [1.54, 1.807) is 0 Å². The van der Waals surface area contributed by atoms with Crippen LogP contribution in [0.2, 0.25) is 0 Å². The first-order valence-electron chi connectivity index (χ1n) is 6.04. The van der Waals surface area contributed by atoms with Crippen LogP contribution in [0.1, 0.15) is 38.7 Å². The highest BCUT2D eigenvalue weighted by Crippen LogP contribution is 2.30. The van der Waals surface area contributed by atoms with Crippen LogP contribution in [0.3, 0.4) is 0 Å². The summed E-state index contributed by atoms with van der Waals surface area (Å²) in [4.78, 5) is 0. The first-order valence-corrected chi connectivity index (χ1v) is 6.04.